The maximum atomic E-state index is 12.7. The van der Waals surface area contributed by atoms with Gasteiger partial charge in [-0.3, -0.25) is 34.1 Å². The van der Waals surface area contributed by atoms with Gasteiger partial charge in [0.25, 0.3) is 11.3 Å². The van der Waals surface area contributed by atoms with Crippen LogP contribution >= 0.6 is 0 Å². The van der Waals surface area contributed by atoms with E-state index in [4.69, 9.17) is 9.47 Å². The number of carbonyl (C=O) groups excluding carboxylic acids is 5. The molecule has 0 bridgehead atoms. The molecular weight excluding hydrogens is 490 g/mol. The molecule has 36 heavy (non-hydrogen) atoms. The Bertz CT molecular complexity index is 1170. The summed E-state index contributed by atoms with van der Waals surface area (Å²) in [5.74, 6) is -11.0. The summed E-state index contributed by atoms with van der Waals surface area (Å²) in [4.78, 5) is 71.4. The minimum Gasteiger partial charge on any atom is -0.436 e. The summed E-state index contributed by atoms with van der Waals surface area (Å²) >= 11 is 0. The van der Waals surface area contributed by atoms with Gasteiger partial charge in [-0.25, -0.2) is 0 Å². The minimum absolute atomic E-state index is 0.00627. The molecule has 1 fully saturated rings. The van der Waals surface area contributed by atoms with E-state index in [0.717, 1.165) is 19.1 Å². The van der Waals surface area contributed by atoms with Crippen molar-refractivity contribution in [1.82, 2.24) is 0 Å². The van der Waals surface area contributed by atoms with Gasteiger partial charge in [-0.2, -0.15) is 0 Å². The van der Waals surface area contributed by atoms with Crippen LogP contribution in [0.25, 0.3) is 0 Å². The molecule has 1 heterocycles. The van der Waals surface area contributed by atoms with Crippen LogP contribution in [0.5, 0.6) is 5.75 Å². The molecule has 6 atom stereocenters. The molecule has 1 unspecified atom stereocenters. The SMILES string of the molecule is CC(=O)C(O)[C@H]1O[C@](O)(Oc2ccc([N+](=O)[O-])cc2C=O)[C@@](O)(C(C)=O)[C@](O)(C(C)=O)[C@]1(O)C(C)=O. The molecule has 15 heteroatoms. The number of nitro benzene ring substituents is 1. The van der Waals surface area contributed by atoms with Gasteiger partial charge in [0.15, 0.2) is 35.0 Å². The first-order valence-corrected chi connectivity index (χ1v) is 10.1. The maximum absolute atomic E-state index is 12.7. The highest BCUT2D eigenvalue weighted by atomic mass is 16.8. The van der Waals surface area contributed by atoms with Crippen LogP contribution in [-0.2, 0) is 23.9 Å². The average Bonchev–Trinajstić information content (AvgIpc) is 2.79. The summed E-state index contributed by atoms with van der Waals surface area (Å²) in [7, 11) is 0. The summed E-state index contributed by atoms with van der Waals surface area (Å²) in [6.45, 7) is 2.33. The number of carbonyl (C=O) groups is 5. The first-order valence-electron chi connectivity index (χ1n) is 10.1. The van der Waals surface area contributed by atoms with E-state index in [0.29, 0.717) is 26.8 Å². The Balaban J connectivity index is 2.96. The van der Waals surface area contributed by atoms with Gasteiger partial charge in [-0.1, -0.05) is 0 Å². The molecule has 15 nitrogen and oxygen atoms in total. The Morgan fingerprint density at radius 3 is 1.94 bits per heavy atom. The fourth-order valence-electron chi connectivity index (χ4n) is 4.10. The van der Waals surface area contributed by atoms with Crippen molar-refractivity contribution < 1.29 is 63.9 Å². The topological polar surface area (TPSA) is 248 Å². The Kier molecular flexibility index (Phi) is 7.35. The fraction of sp³-hybridized carbons (Fsp3) is 0.476. The Morgan fingerprint density at radius 2 is 1.56 bits per heavy atom. The molecule has 0 aromatic heterocycles. The molecule has 0 radical (unpaired) electrons. The van der Waals surface area contributed by atoms with Crippen molar-refractivity contribution in [3.63, 3.8) is 0 Å². The number of aliphatic hydroxyl groups excluding tert-OH is 1. The number of ketones is 4. The number of Topliss-reactive ketones (excluding diaryl/α,β-unsaturated/α-hetero) is 4. The zero-order valence-electron chi connectivity index (χ0n) is 19.3. The summed E-state index contributed by atoms with van der Waals surface area (Å²) in [5, 5.41) is 66.7. The number of ether oxygens (including phenoxy) is 2. The Morgan fingerprint density at radius 1 is 1.03 bits per heavy atom. The highest BCUT2D eigenvalue weighted by molar-refractivity contribution is 6.06. The van der Waals surface area contributed by atoms with Crippen LogP contribution in [0, 0.1) is 10.1 Å². The van der Waals surface area contributed by atoms with Crippen molar-refractivity contribution in [2.45, 2.75) is 62.7 Å². The molecule has 0 saturated carbocycles. The highest BCUT2D eigenvalue weighted by Crippen LogP contribution is 2.51. The number of nitrogens with zero attached hydrogens (tertiary/aromatic N) is 1. The molecule has 0 aliphatic carbocycles. The molecule has 2 rings (SSSR count). The summed E-state index contributed by atoms with van der Waals surface area (Å²) in [6, 6.07) is 2.15. The quantitative estimate of drug-likeness (QED) is 0.101. The standard InChI is InChI=1S/C21H23NO14/c1-9(24)16(28)17-18(29,10(2)25)19(30,11(3)26)20(31,12(4)27)21(32,36-17)35-15-6-5-14(22(33)34)7-13(15)8-23/h5-8,16-17,28-32H,1-4H3/t16?,17-,18+,19+,20-,21-/m1/s1. The van der Waals surface area contributed by atoms with Gasteiger partial charge in [0.2, 0.25) is 5.60 Å². The van der Waals surface area contributed by atoms with Crippen LogP contribution in [0.1, 0.15) is 38.1 Å². The molecule has 1 aliphatic heterocycles. The van der Waals surface area contributed by atoms with Crippen LogP contribution in [0.3, 0.4) is 0 Å². The molecule has 1 aliphatic rings. The lowest BCUT2D eigenvalue weighted by molar-refractivity contribution is -0.468. The van der Waals surface area contributed by atoms with E-state index in [1.165, 1.54) is 0 Å². The molecule has 196 valence electrons. The number of hydrogen-bond donors (Lipinski definition) is 5. The predicted octanol–water partition coefficient (Wildman–Crippen LogP) is -2.26. The zero-order valence-corrected chi connectivity index (χ0v) is 19.3. The lowest BCUT2D eigenvalue weighted by Gasteiger charge is -2.59. The summed E-state index contributed by atoms with van der Waals surface area (Å²) < 4.78 is 10.1. The van der Waals surface area contributed by atoms with Gasteiger partial charge in [0, 0.05) is 12.1 Å². The fourth-order valence-corrected chi connectivity index (χ4v) is 4.10. The maximum Gasteiger partial charge on any atom is 0.367 e. The van der Waals surface area contributed by atoms with E-state index in [1.807, 2.05) is 0 Å². The minimum atomic E-state index is -4.05. The Hall–Kier alpha value is -3.47. The summed E-state index contributed by atoms with van der Waals surface area (Å²) in [6.07, 6.45) is -5.28. The van der Waals surface area contributed by atoms with E-state index >= 15 is 0 Å². The number of non-ortho nitro benzene ring substituents is 1. The van der Waals surface area contributed by atoms with Crippen molar-refractivity contribution in [1.29, 1.82) is 0 Å². The number of hydrogen-bond acceptors (Lipinski definition) is 14. The van der Waals surface area contributed by atoms with Gasteiger partial charge < -0.3 is 35.0 Å². The number of rotatable bonds is 9. The zero-order chi connectivity index (χ0) is 28.0. The number of benzene rings is 1. The van der Waals surface area contributed by atoms with Gasteiger partial charge in [-0.15, -0.1) is 0 Å². The molecule has 0 spiro atoms. The first kappa shape index (κ1) is 28.8. The van der Waals surface area contributed by atoms with E-state index in [2.05, 4.69) is 0 Å². The summed E-state index contributed by atoms with van der Waals surface area (Å²) in [5.41, 5.74) is -13.1. The van der Waals surface area contributed by atoms with E-state index in [9.17, 15) is 59.6 Å². The van der Waals surface area contributed by atoms with Crippen LogP contribution in [0.4, 0.5) is 5.69 Å². The second-order valence-electron chi connectivity index (χ2n) is 8.23. The third-order valence-electron chi connectivity index (χ3n) is 6.07. The van der Waals surface area contributed by atoms with Crippen LogP contribution in [0.15, 0.2) is 18.2 Å². The third kappa shape index (κ3) is 3.73. The van der Waals surface area contributed by atoms with E-state index < -0.39 is 80.0 Å². The molecule has 1 saturated heterocycles. The van der Waals surface area contributed by atoms with Gasteiger partial charge in [0.05, 0.1) is 10.5 Å². The lowest BCUT2D eigenvalue weighted by Crippen LogP contribution is -2.91. The second kappa shape index (κ2) is 9.20. The average molecular weight is 513 g/mol. The van der Waals surface area contributed by atoms with Crippen molar-refractivity contribution >= 4 is 35.1 Å². The monoisotopic (exact) mass is 513 g/mol. The second-order valence-corrected chi connectivity index (χ2v) is 8.23. The van der Waals surface area contributed by atoms with Crippen molar-refractivity contribution in [3.05, 3.63) is 33.9 Å². The van der Waals surface area contributed by atoms with Gasteiger partial charge >= 0.3 is 5.97 Å². The molecule has 0 amide bonds. The van der Waals surface area contributed by atoms with Crippen LogP contribution in [-0.4, -0.2) is 94.9 Å². The molecule has 5 N–H and O–H groups in total. The first-order chi connectivity index (χ1) is 16.4. The number of aliphatic hydroxyl groups is 5. The van der Waals surface area contributed by atoms with Crippen molar-refractivity contribution in [2.75, 3.05) is 0 Å². The number of nitro groups is 1. The van der Waals surface area contributed by atoms with Crippen molar-refractivity contribution in [3.8, 4) is 5.75 Å². The third-order valence-corrected chi connectivity index (χ3v) is 6.07. The molecule has 1 aromatic carbocycles. The normalized spacial score (nSPS) is 32.8. The van der Waals surface area contributed by atoms with Gasteiger partial charge in [0.1, 0.15) is 18.0 Å². The molecule has 1 aromatic rings. The van der Waals surface area contributed by atoms with E-state index in [1.54, 1.807) is 0 Å². The largest absolute Gasteiger partial charge is 0.436 e. The lowest BCUT2D eigenvalue weighted by atomic mass is 9.59. The van der Waals surface area contributed by atoms with Crippen molar-refractivity contribution in [2.24, 2.45) is 0 Å². The predicted molar refractivity (Wildman–Crippen MR) is 113 cm³/mol. The van der Waals surface area contributed by atoms with E-state index in [-0.39, 0.29) is 6.29 Å². The van der Waals surface area contributed by atoms with Crippen LogP contribution < -0.4 is 4.74 Å². The highest BCUT2D eigenvalue weighted by Gasteiger charge is 2.85. The Labute approximate surface area is 202 Å². The molecular formula is C21H23NO14. The van der Waals surface area contributed by atoms with Gasteiger partial charge in [-0.05, 0) is 33.8 Å². The number of aldehydes is 1. The van der Waals surface area contributed by atoms with Crippen LogP contribution in [0.2, 0.25) is 0 Å². The smallest absolute Gasteiger partial charge is 0.367 e.